The average Bonchev–Trinajstić information content (AvgIpc) is 2.31. The molecule has 0 heterocycles. The van der Waals surface area contributed by atoms with Gasteiger partial charge in [-0.2, -0.15) is 0 Å². The fourth-order valence-electron chi connectivity index (χ4n) is 1.73. The average molecular weight is 376 g/mol. The van der Waals surface area contributed by atoms with E-state index in [2.05, 4.69) is 31.9 Å². The number of hydrogen-bond donors (Lipinski definition) is 0. The Morgan fingerprint density at radius 1 is 1.06 bits per heavy atom. The molecule has 2 aromatic carbocycles. The topological polar surface area (TPSA) is 0 Å². The fourth-order valence-corrected chi connectivity index (χ4v) is 2.83. The van der Waals surface area contributed by atoms with Gasteiger partial charge in [-0.15, -0.1) is 0 Å². The van der Waals surface area contributed by atoms with E-state index >= 15 is 0 Å². The molecule has 0 saturated heterocycles. The first kappa shape index (κ1) is 13.7. The first-order valence-electron chi connectivity index (χ1n) is 5.40. The Hall–Kier alpha value is -0.740. The molecule has 0 saturated carbocycles. The van der Waals surface area contributed by atoms with Crippen molar-refractivity contribution in [3.8, 4) is 0 Å². The maximum atomic E-state index is 13.5. The van der Waals surface area contributed by atoms with E-state index in [4.69, 9.17) is 0 Å². The van der Waals surface area contributed by atoms with Crippen molar-refractivity contribution in [1.29, 1.82) is 0 Å². The molecule has 0 nitrogen and oxygen atoms in total. The van der Waals surface area contributed by atoms with E-state index in [1.165, 1.54) is 18.2 Å². The Labute approximate surface area is 121 Å². The number of hydrogen-bond acceptors (Lipinski definition) is 0. The standard InChI is InChI=1S/C14H10Br2F2/c15-11-5-10(6-12(17)8-11)13(16)7-9-3-1-2-4-14(9)18/h1-6,8,13H,7H2. The van der Waals surface area contributed by atoms with Crippen LogP contribution in [0.15, 0.2) is 46.9 Å². The van der Waals surface area contributed by atoms with Crippen molar-refractivity contribution < 1.29 is 8.78 Å². The monoisotopic (exact) mass is 374 g/mol. The van der Waals surface area contributed by atoms with Crippen LogP contribution in [-0.2, 0) is 6.42 Å². The summed E-state index contributed by atoms with van der Waals surface area (Å²) in [7, 11) is 0. The molecule has 94 valence electrons. The normalized spacial score (nSPS) is 12.4. The van der Waals surface area contributed by atoms with Crippen molar-refractivity contribution in [2.45, 2.75) is 11.2 Å². The van der Waals surface area contributed by atoms with E-state index in [0.717, 1.165) is 5.56 Å². The van der Waals surface area contributed by atoms with E-state index in [0.29, 0.717) is 16.5 Å². The SMILES string of the molecule is Fc1cc(Br)cc(C(Br)Cc2ccccc2F)c1. The largest absolute Gasteiger partial charge is 0.207 e. The van der Waals surface area contributed by atoms with E-state index in [9.17, 15) is 8.78 Å². The van der Waals surface area contributed by atoms with Gasteiger partial charge in [-0.1, -0.05) is 50.1 Å². The van der Waals surface area contributed by atoms with Crippen molar-refractivity contribution in [2.75, 3.05) is 0 Å². The zero-order valence-electron chi connectivity index (χ0n) is 9.34. The minimum Gasteiger partial charge on any atom is -0.207 e. The fraction of sp³-hybridized carbons (Fsp3) is 0.143. The molecule has 0 aromatic heterocycles. The summed E-state index contributed by atoms with van der Waals surface area (Å²) in [4.78, 5) is -0.124. The lowest BCUT2D eigenvalue weighted by molar-refractivity contribution is 0.607. The van der Waals surface area contributed by atoms with Crippen LogP contribution in [0.1, 0.15) is 16.0 Å². The summed E-state index contributed by atoms with van der Waals surface area (Å²) >= 11 is 6.72. The number of alkyl halides is 1. The van der Waals surface area contributed by atoms with Gasteiger partial charge in [0.25, 0.3) is 0 Å². The van der Waals surface area contributed by atoms with Gasteiger partial charge in [0.15, 0.2) is 0 Å². The highest BCUT2D eigenvalue weighted by Crippen LogP contribution is 2.30. The Balaban J connectivity index is 2.22. The van der Waals surface area contributed by atoms with Crippen LogP contribution in [0.4, 0.5) is 8.78 Å². The van der Waals surface area contributed by atoms with E-state index < -0.39 is 0 Å². The molecule has 1 atom stereocenters. The van der Waals surface area contributed by atoms with Gasteiger partial charge in [-0.25, -0.2) is 8.78 Å². The lowest BCUT2D eigenvalue weighted by Crippen LogP contribution is -1.98. The van der Waals surface area contributed by atoms with Crippen LogP contribution in [0.5, 0.6) is 0 Å². The first-order valence-corrected chi connectivity index (χ1v) is 7.10. The summed E-state index contributed by atoms with van der Waals surface area (Å²) in [5.41, 5.74) is 1.39. The molecule has 2 rings (SSSR count). The predicted molar refractivity (Wildman–Crippen MR) is 75.9 cm³/mol. The lowest BCUT2D eigenvalue weighted by Gasteiger charge is -2.11. The zero-order valence-corrected chi connectivity index (χ0v) is 12.5. The summed E-state index contributed by atoms with van der Waals surface area (Å²) in [6.45, 7) is 0. The maximum absolute atomic E-state index is 13.5. The van der Waals surface area contributed by atoms with Crippen LogP contribution >= 0.6 is 31.9 Å². The quantitative estimate of drug-likeness (QED) is 0.629. The Kier molecular flexibility index (Phi) is 4.51. The van der Waals surface area contributed by atoms with Crippen molar-refractivity contribution >= 4 is 31.9 Å². The molecule has 0 spiro atoms. The Bertz CT molecular complexity index is 535. The molecule has 18 heavy (non-hydrogen) atoms. The Morgan fingerprint density at radius 3 is 2.44 bits per heavy atom. The predicted octanol–water partition coefficient (Wildman–Crippen LogP) is 5.41. The molecule has 0 aliphatic heterocycles. The molecule has 0 fully saturated rings. The molecule has 2 aromatic rings. The number of rotatable bonds is 3. The number of benzene rings is 2. The zero-order chi connectivity index (χ0) is 13.1. The molecule has 0 bridgehead atoms. The maximum Gasteiger partial charge on any atom is 0.126 e. The summed E-state index contributed by atoms with van der Waals surface area (Å²) in [6.07, 6.45) is 0.475. The molecular formula is C14H10Br2F2. The third-order valence-corrected chi connectivity index (χ3v) is 3.91. The van der Waals surface area contributed by atoms with Crippen LogP contribution in [-0.4, -0.2) is 0 Å². The van der Waals surface area contributed by atoms with Gasteiger partial charge in [0, 0.05) is 9.30 Å². The van der Waals surface area contributed by atoms with Gasteiger partial charge in [0.2, 0.25) is 0 Å². The van der Waals surface area contributed by atoms with Crippen LogP contribution in [0.2, 0.25) is 0 Å². The molecule has 0 N–H and O–H groups in total. The van der Waals surface area contributed by atoms with Crippen molar-refractivity contribution in [3.05, 3.63) is 69.7 Å². The molecule has 0 aliphatic carbocycles. The van der Waals surface area contributed by atoms with Crippen molar-refractivity contribution in [2.24, 2.45) is 0 Å². The van der Waals surface area contributed by atoms with Gasteiger partial charge < -0.3 is 0 Å². The lowest BCUT2D eigenvalue weighted by atomic mass is 10.0. The molecule has 0 radical (unpaired) electrons. The third kappa shape index (κ3) is 3.39. The van der Waals surface area contributed by atoms with Gasteiger partial charge >= 0.3 is 0 Å². The molecule has 0 aliphatic rings. The second-order valence-corrected chi connectivity index (χ2v) is 5.99. The van der Waals surface area contributed by atoms with E-state index in [1.807, 2.05) is 6.07 Å². The second kappa shape index (κ2) is 5.93. The summed E-state index contributed by atoms with van der Waals surface area (Å²) in [5, 5.41) is 0. The van der Waals surface area contributed by atoms with Crippen LogP contribution < -0.4 is 0 Å². The summed E-state index contributed by atoms with van der Waals surface area (Å²) in [5.74, 6) is -0.547. The highest BCUT2D eigenvalue weighted by Gasteiger charge is 2.12. The smallest absolute Gasteiger partial charge is 0.126 e. The minimum absolute atomic E-state index is 0.124. The van der Waals surface area contributed by atoms with E-state index in [-0.39, 0.29) is 16.5 Å². The molecule has 0 amide bonds. The first-order chi connectivity index (χ1) is 8.56. The second-order valence-electron chi connectivity index (χ2n) is 3.97. The van der Waals surface area contributed by atoms with Gasteiger partial charge in [-0.05, 0) is 41.8 Å². The van der Waals surface area contributed by atoms with Crippen LogP contribution in [0.25, 0.3) is 0 Å². The molecule has 1 unspecified atom stereocenters. The highest BCUT2D eigenvalue weighted by molar-refractivity contribution is 9.10. The summed E-state index contributed by atoms with van der Waals surface area (Å²) in [6, 6.07) is 11.3. The van der Waals surface area contributed by atoms with Gasteiger partial charge in [-0.3, -0.25) is 0 Å². The number of halogens is 4. The van der Waals surface area contributed by atoms with Crippen molar-refractivity contribution in [1.82, 2.24) is 0 Å². The minimum atomic E-state index is -0.308. The molecule has 4 heteroatoms. The van der Waals surface area contributed by atoms with Crippen LogP contribution in [0.3, 0.4) is 0 Å². The highest BCUT2D eigenvalue weighted by atomic mass is 79.9. The van der Waals surface area contributed by atoms with Crippen molar-refractivity contribution in [3.63, 3.8) is 0 Å². The Morgan fingerprint density at radius 2 is 1.78 bits per heavy atom. The van der Waals surface area contributed by atoms with E-state index in [1.54, 1.807) is 18.2 Å². The van der Waals surface area contributed by atoms with Gasteiger partial charge in [0.1, 0.15) is 11.6 Å². The third-order valence-electron chi connectivity index (χ3n) is 2.60. The molecular weight excluding hydrogens is 366 g/mol. The van der Waals surface area contributed by atoms with Crippen LogP contribution in [0, 0.1) is 11.6 Å². The summed E-state index contributed by atoms with van der Waals surface area (Å²) < 4.78 is 27.5. The van der Waals surface area contributed by atoms with Gasteiger partial charge in [0.05, 0.1) is 0 Å².